The first-order valence-corrected chi connectivity index (χ1v) is 8.36. The predicted octanol–water partition coefficient (Wildman–Crippen LogP) is 2.88. The Kier molecular flexibility index (Phi) is 3.76. The van der Waals surface area contributed by atoms with E-state index in [-0.39, 0.29) is 17.9 Å². The van der Waals surface area contributed by atoms with Crippen LogP contribution in [0.3, 0.4) is 0 Å². The van der Waals surface area contributed by atoms with Crippen LogP contribution < -0.4 is 10.2 Å². The molecule has 0 saturated carbocycles. The Morgan fingerprint density at radius 2 is 1.96 bits per heavy atom. The Morgan fingerprint density at radius 1 is 1.12 bits per heavy atom. The van der Waals surface area contributed by atoms with Gasteiger partial charge < -0.3 is 15.2 Å². The van der Waals surface area contributed by atoms with Crippen LogP contribution in [0.5, 0.6) is 0 Å². The Balaban J connectivity index is 1.76. The lowest BCUT2D eigenvalue weighted by atomic mass is 9.96. The third-order valence-electron chi connectivity index (χ3n) is 4.63. The molecule has 5 heteroatoms. The number of aromatic amines is 1. The first kappa shape index (κ1) is 15.4. The van der Waals surface area contributed by atoms with E-state index in [1.165, 1.54) is 6.92 Å². The molecular formula is C20H19N3O2. The SMILES string of the molecule is CC(=O)NC1Cc2ccccc2N(C(=O)c2cccc3[nH]ccc23)C1. The van der Waals surface area contributed by atoms with Gasteiger partial charge in [0, 0.05) is 41.8 Å². The van der Waals surface area contributed by atoms with E-state index in [4.69, 9.17) is 0 Å². The Morgan fingerprint density at radius 3 is 2.80 bits per heavy atom. The molecule has 1 aliphatic rings. The average molecular weight is 333 g/mol. The number of para-hydroxylation sites is 1. The Hall–Kier alpha value is -3.08. The average Bonchev–Trinajstić information content (AvgIpc) is 3.08. The van der Waals surface area contributed by atoms with Crippen LogP contribution in [0.4, 0.5) is 5.69 Å². The summed E-state index contributed by atoms with van der Waals surface area (Å²) in [5.74, 6) is -0.128. The van der Waals surface area contributed by atoms with Gasteiger partial charge in [-0.05, 0) is 36.2 Å². The normalized spacial score (nSPS) is 16.5. The third-order valence-corrected chi connectivity index (χ3v) is 4.63. The lowest BCUT2D eigenvalue weighted by Gasteiger charge is -2.35. The van der Waals surface area contributed by atoms with Gasteiger partial charge in [-0.2, -0.15) is 0 Å². The summed E-state index contributed by atoms with van der Waals surface area (Å²) in [6.07, 6.45) is 2.57. The van der Waals surface area contributed by atoms with E-state index in [0.29, 0.717) is 12.1 Å². The molecular weight excluding hydrogens is 314 g/mol. The smallest absolute Gasteiger partial charge is 0.259 e. The molecule has 5 nitrogen and oxygen atoms in total. The summed E-state index contributed by atoms with van der Waals surface area (Å²) in [6, 6.07) is 15.4. The molecule has 0 spiro atoms. The maximum Gasteiger partial charge on any atom is 0.259 e. The second-order valence-electron chi connectivity index (χ2n) is 6.39. The summed E-state index contributed by atoms with van der Waals surface area (Å²) in [5, 5.41) is 3.86. The number of nitrogens with zero attached hydrogens (tertiary/aromatic N) is 1. The van der Waals surface area contributed by atoms with Crippen molar-refractivity contribution in [1.29, 1.82) is 0 Å². The molecule has 2 heterocycles. The van der Waals surface area contributed by atoms with Crippen molar-refractivity contribution >= 4 is 28.4 Å². The number of hydrogen-bond acceptors (Lipinski definition) is 2. The summed E-state index contributed by atoms with van der Waals surface area (Å²) < 4.78 is 0. The van der Waals surface area contributed by atoms with Gasteiger partial charge in [-0.3, -0.25) is 9.59 Å². The van der Waals surface area contributed by atoms with Gasteiger partial charge in [-0.15, -0.1) is 0 Å². The molecule has 2 aromatic carbocycles. The summed E-state index contributed by atoms with van der Waals surface area (Å²) >= 11 is 0. The molecule has 0 fully saturated rings. The van der Waals surface area contributed by atoms with Gasteiger partial charge in [0.15, 0.2) is 0 Å². The monoisotopic (exact) mass is 333 g/mol. The summed E-state index contributed by atoms with van der Waals surface area (Å²) in [4.78, 5) is 29.7. The van der Waals surface area contributed by atoms with Crippen LogP contribution in [0.2, 0.25) is 0 Å². The Bertz CT molecular complexity index is 960. The van der Waals surface area contributed by atoms with Crippen molar-refractivity contribution < 1.29 is 9.59 Å². The first-order valence-electron chi connectivity index (χ1n) is 8.36. The number of carbonyl (C=O) groups excluding carboxylic acids is 2. The predicted molar refractivity (Wildman–Crippen MR) is 97.7 cm³/mol. The van der Waals surface area contributed by atoms with Crippen LogP contribution in [-0.4, -0.2) is 29.4 Å². The number of amides is 2. The third kappa shape index (κ3) is 2.78. The number of anilines is 1. The molecule has 0 bridgehead atoms. The molecule has 2 amide bonds. The van der Waals surface area contributed by atoms with Gasteiger partial charge in [-0.25, -0.2) is 0 Å². The molecule has 1 atom stereocenters. The zero-order chi connectivity index (χ0) is 17.4. The fourth-order valence-corrected chi connectivity index (χ4v) is 3.59. The van der Waals surface area contributed by atoms with Crippen LogP contribution in [0.25, 0.3) is 10.9 Å². The topological polar surface area (TPSA) is 65.2 Å². The molecule has 1 aliphatic heterocycles. The van der Waals surface area contributed by atoms with Crippen molar-refractivity contribution in [3.63, 3.8) is 0 Å². The van der Waals surface area contributed by atoms with Crippen LogP contribution in [0.1, 0.15) is 22.8 Å². The molecule has 0 radical (unpaired) electrons. The van der Waals surface area contributed by atoms with Gasteiger partial charge in [0.1, 0.15) is 0 Å². The number of aromatic nitrogens is 1. The highest BCUT2D eigenvalue weighted by molar-refractivity contribution is 6.14. The maximum atomic E-state index is 13.3. The standard InChI is InChI=1S/C20H19N3O2/c1-13(24)22-15-11-14-5-2-3-8-19(14)23(12-15)20(25)17-6-4-7-18-16(17)9-10-21-18/h2-10,15,21H,11-12H2,1H3,(H,22,24). The van der Waals surface area contributed by atoms with Gasteiger partial charge in [0.2, 0.25) is 5.91 Å². The van der Waals surface area contributed by atoms with Crippen molar-refractivity contribution in [2.45, 2.75) is 19.4 Å². The molecule has 2 N–H and O–H groups in total. The van der Waals surface area contributed by atoms with Crippen LogP contribution in [0, 0.1) is 0 Å². The minimum atomic E-state index is -0.0817. The van der Waals surface area contributed by atoms with E-state index in [9.17, 15) is 9.59 Å². The van der Waals surface area contributed by atoms with Gasteiger partial charge >= 0.3 is 0 Å². The lowest BCUT2D eigenvalue weighted by molar-refractivity contribution is -0.119. The second kappa shape index (κ2) is 6.09. The molecule has 3 aromatic rings. The van der Waals surface area contributed by atoms with Crippen molar-refractivity contribution in [2.75, 3.05) is 11.4 Å². The quantitative estimate of drug-likeness (QED) is 0.757. The second-order valence-corrected chi connectivity index (χ2v) is 6.39. The maximum absolute atomic E-state index is 13.3. The van der Waals surface area contributed by atoms with Crippen LogP contribution in [-0.2, 0) is 11.2 Å². The fourth-order valence-electron chi connectivity index (χ4n) is 3.59. The van der Waals surface area contributed by atoms with Crippen molar-refractivity contribution in [1.82, 2.24) is 10.3 Å². The summed E-state index contributed by atoms with van der Waals surface area (Å²) in [5.41, 5.74) is 3.59. The number of carbonyl (C=O) groups is 2. The summed E-state index contributed by atoms with van der Waals surface area (Å²) in [6.45, 7) is 1.98. The fraction of sp³-hybridized carbons (Fsp3) is 0.200. The minimum Gasteiger partial charge on any atom is -0.361 e. The van der Waals surface area contributed by atoms with Crippen LogP contribution in [0.15, 0.2) is 54.7 Å². The summed E-state index contributed by atoms with van der Waals surface area (Å²) in [7, 11) is 0. The highest BCUT2D eigenvalue weighted by Crippen LogP contribution is 2.30. The van der Waals surface area contributed by atoms with Crippen LogP contribution >= 0.6 is 0 Å². The largest absolute Gasteiger partial charge is 0.361 e. The van der Waals surface area contributed by atoms with Gasteiger partial charge in [0.25, 0.3) is 5.91 Å². The molecule has 4 rings (SSSR count). The number of benzene rings is 2. The highest BCUT2D eigenvalue weighted by atomic mass is 16.2. The van der Waals surface area contributed by atoms with E-state index < -0.39 is 0 Å². The van der Waals surface area contributed by atoms with E-state index in [0.717, 1.165) is 28.6 Å². The molecule has 25 heavy (non-hydrogen) atoms. The van der Waals surface area contributed by atoms with Gasteiger partial charge in [0.05, 0.1) is 6.04 Å². The number of fused-ring (bicyclic) bond motifs is 2. The minimum absolute atomic E-state index is 0.0484. The van der Waals surface area contributed by atoms with E-state index in [2.05, 4.69) is 10.3 Å². The molecule has 126 valence electrons. The van der Waals surface area contributed by atoms with Crippen molar-refractivity contribution in [3.05, 3.63) is 65.9 Å². The zero-order valence-corrected chi connectivity index (χ0v) is 14.0. The van der Waals surface area contributed by atoms with Crippen molar-refractivity contribution in [2.24, 2.45) is 0 Å². The van der Waals surface area contributed by atoms with Crippen molar-refractivity contribution in [3.8, 4) is 0 Å². The molecule has 1 aromatic heterocycles. The highest BCUT2D eigenvalue weighted by Gasteiger charge is 2.30. The first-order chi connectivity index (χ1) is 12.1. The molecule has 0 saturated heterocycles. The zero-order valence-electron chi connectivity index (χ0n) is 14.0. The van der Waals surface area contributed by atoms with E-state index in [1.807, 2.05) is 54.7 Å². The van der Waals surface area contributed by atoms with Gasteiger partial charge in [-0.1, -0.05) is 24.3 Å². The molecule has 0 aliphatic carbocycles. The number of H-pyrrole nitrogens is 1. The van der Waals surface area contributed by atoms with E-state index in [1.54, 1.807) is 4.90 Å². The number of nitrogens with one attached hydrogen (secondary N) is 2. The number of hydrogen-bond donors (Lipinski definition) is 2. The van der Waals surface area contributed by atoms with E-state index >= 15 is 0 Å². The lowest BCUT2D eigenvalue weighted by Crippen LogP contribution is -2.49. The number of rotatable bonds is 2. The Labute approximate surface area is 145 Å². The molecule has 1 unspecified atom stereocenters.